The van der Waals surface area contributed by atoms with E-state index in [0.29, 0.717) is 16.2 Å². The Labute approximate surface area is 167 Å². The highest BCUT2D eigenvalue weighted by molar-refractivity contribution is 7.99. The number of amides is 1. The summed E-state index contributed by atoms with van der Waals surface area (Å²) in [6.07, 6.45) is 7.30. The van der Waals surface area contributed by atoms with Gasteiger partial charge in [-0.05, 0) is 37.1 Å². The minimum Gasteiger partial charge on any atom is -0.353 e. The van der Waals surface area contributed by atoms with Gasteiger partial charge in [0.1, 0.15) is 0 Å². The third-order valence-electron chi connectivity index (χ3n) is 4.93. The summed E-state index contributed by atoms with van der Waals surface area (Å²) in [4.78, 5) is 34.3. The van der Waals surface area contributed by atoms with Crippen LogP contribution in [0.15, 0.2) is 58.6 Å². The van der Waals surface area contributed by atoms with Gasteiger partial charge in [0.05, 0.1) is 16.8 Å². The molecule has 1 aliphatic rings. The van der Waals surface area contributed by atoms with E-state index < -0.39 is 0 Å². The topological polar surface area (TPSA) is 76.9 Å². The van der Waals surface area contributed by atoms with Crippen LogP contribution in [0.4, 0.5) is 0 Å². The smallest absolute Gasteiger partial charge is 0.268 e. The van der Waals surface area contributed by atoms with Gasteiger partial charge in [-0.15, -0.1) is 0 Å². The maximum atomic E-state index is 13.1. The predicted octanol–water partition coefficient (Wildman–Crippen LogP) is 3.32. The van der Waals surface area contributed by atoms with Crippen LogP contribution in [0, 0.1) is 0 Å². The molecular weight excluding hydrogens is 372 g/mol. The first-order valence-corrected chi connectivity index (χ1v) is 10.6. The van der Waals surface area contributed by atoms with Crippen molar-refractivity contribution in [3.8, 4) is 5.69 Å². The highest BCUT2D eigenvalue weighted by atomic mass is 32.2. The van der Waals surface area contributed by atoms with Gasteiger partial charge in [0.25, 0.3) is 5.56 Å². The molecule has 0 aliphatic heterocycles. The van der Waals surface area contributed by atoms with Crippen molar-refractivity contribution in [2.75, 3.05) is 5.75 Å². The Hall–Kier alpha value is -2.67. The fraction of sp³-hybridized carbons (Fsp3) is 0.333. The number of carbonyl (C=O) groups is 1. The fourth-order valence-corrected chi connectivity index (χ4v) is 4.36. The molecule has 0 radical (unpaired) electrons. The second kappa shape index (κ2) is 8.56. The molecule has 2 aromatic heterocycles. The van der Waals surface area contributed by atoms with Crippen molar-refractivity contribution in [3.63, 3.8) is 0 Å². The first-order valence-electron chi connectivity index (χ1n) is 9.58. The third kappa shape index (κ3) is 4.09. The molecule has 1 fully saturated rings. The van der Waals surface area contributed by atoms with E-state index in [-0.39, 0.29) is 23.3 Å². The van der Waals surface area contributed by atoms with Gasteiger partial charge in [0.2, 0.25) is 5.91 Å². The van der Waals surface area contributed by atoms with Gasteiger partial charge < -0.3 is 5.32 Å². The van der Waals surface area contributed by atoms with Crippen LogP contribution in [0.5, 0.6) is 0 Å². The Morgan fingerprint density at radius 3 is 2.68 bits per heavy atom. The number of pyridine rings is 1. The number of benzene rings is 1. The van der Waals surface area contributed by atoms with E-state index in [1.165, 1.54) is 31.0 Å². The van der Waals surface area contributed by atoms with Gasteiger partial charge in [0.15, 0.2) is 10.8 Å². The second-order valence-electron chi connectivity index (χ2n) is 6.94. The van der Waals surface area contributed by atoms with Gasteiger partial charge in [-0.3, -0.25) is 14.2 Å². The number of aromatic nitrogens is 3. The Morgan fingerprint density at radius 1 is 1.11 bits per heavy atom. The molecule has 6 nitrogen and oxygen atoms in total. The molecule has 2 heterocycles. The lowest BCUT2D eigenvalue weighted by Gasteiger charge is -2.22. The zero-order valence-electron chi connectivity index (χ0n) is 15.5. The van der Waals surface area contributed by atoms with Gasteiger partial charge in [0, 0.05) is 12.2 Å². The minimum absolute atomic E-state index is 0.0214. The van der Waals surface area contributed by atoms with E-state index in [1.54, 1.807) is 22.9 Å². The minimum atomic E-state index is -0.181. The SMILES string of the molecule is O=C(CSc1nc2ncccc2c(=O)n1-c1ccccc1)NC1CCCCC1. The summed E-state index contributed by atoms with van der Waals surface area (Å²) in [5.41, 5.74) is 0.940. The summed E-state index contributed by atoms with van der Waals surface area (Å²) in [7, 11) is 0. The Balaban J connectivity index is 1.62. The molecule has 0 atom stereocenters. The quantitative estimate of drug-likeness (QED) is 0.531. The number of thioether (sulfide) groups is 1. The summed E-state index contributed by atoms with van der Waals surface area (Å²) in [5.74, 6) is 0.195. The van der Waals surface area contributed by atoms with E-state index in [1.807, 2.05) is 30.3 Å². The van der Waals surface area contributed by atoms with Crippen molar-refractivity contribution in [1.29, 1.82) is 0 Å². The molecular formula is C21H22N4O2S. The van der Waals surface area contributed by atoms with Gasteiger partial charge >= 0.3 is 0 Å². The van der Waals surface area contributed by atoms with Crippen LogP contribution in [0.25, 0.3) is 16.7 Å². The molecule has 3 aromatic rings. The van der Waals surface area contributed by atoms with Gasteiger partial charge in [-0.2, -0.15) is 0 Å². The lowest BCUT2D eigenvalue weighted by Crippen LogP contribution is -2.37. The fourth-order valence-electron chi connectivity index (χ4n) is 3.55. The number of hydrogen-bond acceptors (Lipinski definition) is 5. The molecule has 0 saturated heterocycles. The molecule has 0 bridgehead atoms. The molecule has 1 amide bonds. The van der Waals surface area contributed by atoms with Crippen LogP contribution in [0.1, 0.15) is 32.1 Å². The zero-order chi connectivity index (χ0) is 19.3. The molecule has 1 aliphatic carbocycles. The van der Waals surface area contributed by atoms with Crippen LogP contribution >= 0.6 is 11.8 Å². The monoisotopic (exact) mass is 394 g/mol. The average Bonchev–Trinajstić information content (AvgIpc) is 2.74. The third-order valence-corrected chi connectivity index (χ3v) is 5.87. The number of hydrogen-bond donors (Lipinski definition) is 1. The number of carbonyl (C=O) groups excluding carboxylic acids is 1. The second-order valence-corrected chi connectivity index (χ2v) is 7.88. The normalized spacial score (nSPS) is 14.9. The van der Waals surface area contributed by atoms with Crippen LogP contribution in [0.2, 0.25) is 0 Å². The molecule has 0 spiro atoms. The van der Waals surface area contributed by atoms with E-state index in [0.717, 1.165) is 18.5 Å². The maximum absolute atomic E-state index is 13.1. The Bertz CT molecular complexity index is 1030. The summed E-state index contributed by atoms with van der Waals surface area (Å²) in [5, 5.41) is 4.04. The van der Waals surface area contributed by atoms with Crippen molar-refractivity contribution in [1.82, 2.24) is 19.9 Å². The van der Waals surface area contributed by atoms with Gasteiger partial charge in [-0.1, -0.05) is 49.2 Å². The Kier molecular flexibility index (Phi) is 5.71. The first-order chi connectivity index (χ1) is 13.7. The van der Waals surface area contributed by atoms with Crippen LogP contribution in [0.3, 0.4) is 0 Å². The highest BCUT2D eigenvalue weighted by Gasteiger charge is 2.18. The van der Waals surface area contributed by atoms with E-state index >= 15 is 0 Å². The number of nitrogens with zero attached hydrogens (tertiary/aromatic N) is 3. The largest absolute Gasteiger partial charge is 0.353 e. The average molecular weight is 395 g/mol. The molecule has 28 heavy (non-hydrogen) atoms. The van der Waals surface area contributed by atoms with Crippen molar-refractivity contribution in [2.45, 2.75) is 43.3 Å². The van der Waals surface area contributed by atoms with Crippen molar-refractivity contribution < 1.29 is 4.79 Å². The van der Waals surface area contributed by atoms with Crippen LogP contribution in [-0.4, -0.2) is 32.2 Å². The molecule has 1 aromatic carbocycles. The Morgan fingerprint density at radius 2 is 1.89 bits per heavy atom. The lowest BCUT2D eigenvalue weighted by atomic mass is 9.95. The number of rotatable bonds is 5. The molecule has 4 rings (SSSR count). The maximum Gasteiger partial charge on any atom is 0.268 e. The predicted molar refractivity (Wildman–Crippen MR) is 111 cm³/mol. The summed E-state index contributed by atoms with van der Waals surface area (Å²) in [6.45, 7) is 0. The molecule has 7 heteroatoms. The standard InChI is InChI=1S/C21H22N4O2S/c26-18(23-15-8-3-1-4-9-15)14-28-21-24-19-17(12-7-13-22-19)20(27)25(21)16-10-5-2-6-11-16/h2,5-7,10-13,15H,1,3-4,8-9,14H2,(H,23,26). The first kappa shape index (κ1) is 18.7. The summed E-state index contributed by atoms with van der Waals surface area (Å²) < 4.78 is 1.56. The molecule has 1 N–H and O–H groups in total. The van der Waals surface area contributed by atoms with E-state index in [9.17, 15) is 9.59 Å². The molecule has 144 valence electrons. The number of para-hydroxylation sites is 1. The van der Waals surface area contributed by atoms with Crippen molar-refractivity contribution in [3.05, 3.63) is 59.0 Å². The van der Waals surface area contributed by atoms with E-state index in [4.69, 9.17) is 0 Å². The summed E-state index contributed by atoms with van der Waals surface area (Å²) >= 11 is 1.27. The van der Waals surface area contributed by atoms with Gasteiger partial charge in [-0.25, -0.2) is 9.97 Å². The van der Waals surface area contributed by atoms with Crippen molar-refractivity contribution >= 4 is 28.7 Å². The van der Waals surface area contributed by atoms with Crippen LogP contribution < -0.4 is 10.9 Å². The van der Waals surface area contributed by atoms with Crippen LogP contribution in [-0.2, 0) is 4.79 Å². The van der Waals surface area contributed by atoms with Crippen molar-refractivity contribution in [2.24, 2.45) is 0 Å². The highest BCUT2D eigenvalue weighted by Crippen LogP contribution is 2.21. The summed E-state index contributed by atoms with van der Waals surface area (Å²) in [6, 6.07) is 13.1. The lowest BCUT2D eigenvalue weighted by molar-refractivity contribution is -0.119. The number of nitrogens with one attached hydrogen (secondary N) is 1. The molecule has 0 unspecified atom stereocenters. The number of fused-ring (bicyclic) bond motifs is 1. The zero-order valence-corrected chi connectivity index (χ0v) is 16.3. The van der Waals surface area contributed by atoms with E-state index in [2.05, 4.69) is 15.3 Å². The molecule has 1 saturated carbocycles.